The molecule has 1 aliphatic carbocycles. The van der Waals surface area contributed by atoms with Gasteiger partial charge in [-0.25, -0.2) is 4.79 Å². The second kappa shape index (κ2) is 18.1. The molecule has 1 aromatic heterocycles. The molecular weight excluding hydrogens is 741 g/mol. The topological polar surface area (TPSA) is 121 Å². The minimum absolute atomic E-state index is 0.166. The molecule has 5 aromatic carbocycles. The van der Waals surface area contributed by atoms with Gasteiger partial charge in [-0.3, -0.25) is 4.79 Å². The average Bonchev–Trinajstić information content (AvgIpc) is 3.87. The summed E-state index contributed by atoms with van der Waals surface area (Å²) in [6.45, 7) is 10.4. The first kappa shape index (κ1) is 40.9. The Bertz CT molecular complexity index is 2190. The van der Waals surface area contributed by atoms with E-state index in [1.54, 1.807) is 9.70 Å². The standard InChI is InChI=1S/C48H52N6O5/c1-6-57-42-32-38(33-43(58-7-2)44(42)35(4)55)34(3)53(30-31-59-36(5)37-20-12-8-13-21-37)46(56)49-47(28-29-47)45-50-52-54(51-45)48(39-22-14-9-15-23-39,40-24-16-10-17-25-40)41-26-18-11-19-27-41/h8-27,32-34,36H,6-7,28-31H2,1-5H3,(H,49,56). The number of aromatic nitrogens is 4. The van der Waals surface area contributed by atoms with Gasteiger partial charge in [-0.1, -0.05) is 121 Å². The number of nitrogens with one attached hydrogen (secondary N) is 1. The second-order valence-corrected chi connectivity index (χ2v) is 14.8. The molecule has 1 aliphatic rings. The Labute approximate surface area is 346 Å². The molecule has 0 bridgehead atoms. The van der Waals surface area contributed by atoms with E-state index in [0.29, 0.717) is 48.9 Å². The van der Waals surface area contributed by atoms with E-state index < -0.39 is 17.1 Å². The zero-order valence-electron chi connectivity index (χ0n) is 34.4. The van der Waals surface area contributed by atoms with Gasteiger partial charge in [-0.2, -0.15) is 0 Å². The van der Waals surface area contributed by atoms with Crippen molar-refractivity contribution in [1.29, 1.82) is 0 Å². The van der Waals surface area contributed by atoms with E-state index >= 15 is 0 Å². The Kier molecular flexibility index (Phi) is 12.5. The molecule has 6 aromatic rings. The lowest BCUT2D eigenvalue weighted by Crippen LogP contribution is -2.47. The number of amides is 2. The Morgan fingerprint density at radius 3 is 1.71 bits per heavy atom. The van der Waals surface area contributed by atoms with E-state index in [9.17, 15) is 9.59 Å². The maximum atomic E-state index is 14.8. The molecule has 0 spiro atoms. The molecule has 304 valence electrons. The van der Waals surface area contributed by atoms with Crippen LogP contribution in [-0.4, -0.2) is 63.3 Å². The van der Waals surface area contributed by atoms with Crippen molar-refractivity contribution in [2.75, 3.05) is 26.4 Å². The molecule has 0 radical (unpaired) electrons. The van der Waals surface area contributed by atoms with Crippen molar-refractivity contribution in [3.8, 4) is 11.5 Å². The number of ether oxygens (including phenoxy) is 3. The molecule has 0 aliphatic heterocycles. The molecule has 59 heavy (non-hydrogen) atoms. The predicted octanol–water partition coefficient (Wildman–Crippen LogP) is 9.05. The summed E-state index contributed by atoms with van der Waals surface area (Å²) in [6, 6.07) is 43.4. The number of urea groups is 1. The lowest BCUT2D eigenvalue weighted by molar-refractivity contribution is 0.0470. The van der Waals surface area contributed by atoms with Crippen molar-refractivity contribution in [2.45, 2.75) is 70.7 Å². The molecule has 2 unspecified atom stereocenters. The first-order chi connectivity index (χ1) is 28.7. The van der Waals surface area contributed by atoms with Crippen LogP contribution in [0.1, 0.15) is 104 Å². The van der Waals surface area contributed by atoms with Gasteiger partial charge in [0.05, 0.1) is 32.0 Å². The smallest absolute Gasteiger partial charge is 0.318 e. The highest BCUT2D eigenvalue weighted by Crippen LogP contribution is 2.46. The van der Waals surface area contributed by atoms with Crippen LogP contribution in [0.3, 0.4) is 0 Å². The van der Waals surface area contributed by atoms with Crippen LogP contribution < -0.4 is 14.8 Å². The molecule has 7 rings (SSSR count). The number of Topliss-reactive ketones (excluding diaryl/α,β-unsaturated/α-hetero) is 1. The van der Waals surface area contributed by atoms with Crippen LogP contribution >= 0.6 is 0 Å². The maximum Gasteiger partial charge on any atom is 0.318 e. The largest absolute Gasteiger partial charge is 0.493 e. The summed E-state index contributed by atoms with van der Waals surface area (Å²) >= 11 is 0. The van der Waals surface area contributed by atoms with Gasteiger partial charge in [0, 0.05) is 6.54 Å². The third-order valence-corrected chi connectivity index (χ3v) is 11.0. The van der Waals surface area contributed by atoms with Crippen LogP contribution in [0.4, 0.5) is 4.79 Å². The lowest BCUT2D eigenvalue weighted by Gasteiger charge is -2.34. The predicted molar refractivity (Wildman–Crippen MR) is 227 cm³/mol. The zero-order valence-corrected chi connectivity index (χ0v) is 34.4. The molecule has 11 heteroatoms. The summed E-state index contributed by atoms with van der Waals surface area (Å²) < 4.78 is 18.3. The SMILES string of the molecule is CCOc1cc(C(C)N(CCOC(C)c2ccccc2)C(=O)NC2(c3nnn(C(c4ccccc4)(c4ccccc4)c4ccccc4)n3)CC2)cc(OCC)c1C(C)=O. The third kappa shape index (κ3) is 8.47. The number of hydrogen-bond donors (Lipinski definition) is 1. The number of benzene rings is 5. The number of carbonyl (C=O) groups is 2. The van der Waals surface area contributed by atoms with Gasteiger partial charge in [-0.15, -0.1) is 15.0 Å². The van der Waals surface area contributed by atoms with Crippen molar-refractivity contribution in [1.82, 2.24) is 30.4 Å². The van der Waals surface area contributed by atoms with Crippen LogP contribution in [0.25, 0.3) is 0 Å². The molecule has 0 saturated heterocycles. The Morgan fingerprint density at radius 1 is 0.763 bits per heavy atom. The molecule has 1 saturated carbocycles. The van der Waals surface area contributed by atoms with E-state index in [-0.39, 0.29) is 31.1 Å². The van der Waals surface area contributed by atoms with Gasteiger partial charge in [0.1, 0.15) is 22.6 Å². The van der Waals surface area contributed by atoms with Gasteiger partial charge in [0.15, 0.2) is 17.1 Å². The number of tetrazole rings is 1. The lowest BCUT2D eigenvalue weighted by atomic mass is 9.77. The number of nitrogens with zero attached hydrogens (tertiary/aromatic N) is 5. The Balaban J connectivity index is 1.24. The van der Waals surface area contributed by atoms with Crippen molar-refractivity contribution in [2.24, 2.45) is 0 Å². The summed E-state index contributed by atoms with van der Waals surface area (Å²) in [4.78, 5) is 31.0. The van der Waals surface area contributed by atoms with Gasteiger partial charge < -0.3 is 24.4 Å². The first-order valence-electron chi connectivity index (χ1n) is 20.4. The van der Waals surface area contributed by atoms with Gasteiger partial charge >= 0.3 is 6.03 Å². The Hall–Kier alpha value is -6.33. The van der Waals surface area contributed by atoms with Crippen molar-refractivity contribution >= 4 is 11.8 Å². The fourth-order valence-corrected chi connectivity index (χ4v) is 7.77. The fraction of sp³-hybridized carbons (Fsp3) is 0.312. The molecule has 1 fully saturated rings. The van der Waals surface area contributed by atoms with Gasteiger partial charge in [0.25, 0.3) is 0 Å². The van der Waals surface area contributed by atoms with E-state index in [1.807, 2.05) is 125 Å². The molecule has 2 amide bonds. The van der Waals surface area contributed by atoms with Crippen LogP contribution in [0.15, 0.2) is 133 Å². The number of ketones is 1. The van der Waals surface area contributed by atoms with Crippen LogP contribution in [0.2, 0.25) is 0 Å². The highest BCUT2D eigenvalue weighted by Gasteiger charge is 2.52. The van der Waals surface area contributed by atoms with Crippen molar-refractivity contribution in [3.63, 3.8) is 0 Å². The van der Waals surface area contributed by atoms with E-state index in [1.165, 1.54) is 6.92 Å². The van der Waals surface area contributed by atoms with E-state index in [4.69, 9.17) is 29.6 Å². The van der Waals surface area contributed by atoms with Crippen LogP contribution in [0.5, 0.6) is 11.5 Å². The number of rotatable bonds is 18. The molecule has 1 N–H and O–H groups in total. The van der Waals surface area contributed by atoms with E-state index in [2.05, 4.69) is 41.7 Å². The van der Waals surface area contributed by atoms with Crippen molar-refractivity contribution < 1.29 is 23.8 Å². The zero-order chi connectivity index (χ0) is 41.4. The van der Waals surface area contributed by atoms with Crippen molar-refractivity contribution in [3.05, 3.63) is 173 Å². The summed E-state index contributed by atoms with van der Waals surface area (Å²) in [7, 11) is 0. The summed E-state index contributed by atoms with van der Waals surface area (Å²) in [5, 5.41) is 17.9. The number of carbonyl (C=O) groups excluding carboxylic acids is 2. The Morgan fingerprint density at radius 2 is 1.25 bits per heavy atom. The fourth-order valence-electron chi connectivity index (χ4n) is 7.77. The second-order valence-electron chi connectivity index (χ2n) is 14.8. The molecule has 2 atom stereocenters. The summed E-state index contributed by atoms with van der Waals surface area (Å²) in [5.41, 5.74) is 3.28. The third-order valence-electron chi connectivity index (χ3n) is 11.0. The molecule has 1 heterocycles. The van der Waals surface area contributed by atoms with Gasteiger partial charge in [0.2, 0.25) is 0 Å². The normalized spacial score (nSPS) is 14.2. The van der Waals surface area contributed by atoms with Crippen LogP contribution in [-0.2, 0) is 15.8 Å². The number of hydrogen-bond acceptors (Lipinski definition) is 8. The molecular formula is C48H52N6O5. The maximum absolute atomic E-state index is 14.8. The average molecular weight is 793 g/mol. The highest BCUT2D eigenvalue weighted by atomic mass is 16.5. The monoisotopic (exact) mass is 792 g/mol. The quantitative estimate of drug-likeness (QED) is 0.0677. The highest BCUT2D eigenvalue weighted by molar-refractivity contribution is 5.99. The van der Waals surface area contributed by atoms with Gasteiger partial charge in [-0.05, 0) is 92.6 Å². The minimum Gasteiger partial charge on any atom is -0.493 e. The summed E-state index contributed by atoms with van der Waals surface area (Å²) in [5.74, 6) is 1.10. The summed E-state index contributed by atoms with van der Waals surface area (Å²) in [6.07, 6.45) is 1.09. The molecule has 11 nitrogen and oxygen atoms in total. The minimum atomic E-state index is -0.953. The van der Waals surface area contributed by atoms with E-state index in [0.717, 1.165) is 27.8 Å². The van der Waals surface area contributed by atoms with Crippen LogP contribution in [0, 0.1) is 0 Å². The first-order valence-corrected chi connectivity index (χ1v) is 20.4.